The average molecular weight is 404 g/mol. The third-order valence-corrected chi connectivity index (χ3v) is 4.14. The molecule has 0 atom stereocenters. The number of pyridine rings is 1. The number of aromatic nitrogens is 1. The number of rotatable bonds is 5. The number of carbonyl (C=O) groups is 2. The summed E-state index contributed by atoms with van der Waals surface area (Å²) in [6.07, 6.45) is 0. The van der Waals surface area contributed by atoms with Gasteiger partial charge in [-0.25, -0.2) is 9.78 Å². The standard InChI is InChI=1S/C21H26ClN3O3/c1-13(2)25(6)18-12-15(22)11-17(24-18)19(26)23-16-9-7-14(8-10-16)20(27)28-21(3,4)5/h7-13H,1-6H3,(H,23,26). The van der Waals surface area contributed by atoms with Crippen LogP contribution in [0.5, 0.6) is 0 Å². The first-order valence-electron chi connectivity index (χ1n) is 9.01. The molecular formula is C21H26ClN3O3. The van der Waals surface area contributed by atoms with Gasteiger partial charge >= 0.3 is 5.97 Å². The summed E-state index contributed by atoms with van der Waals surface area (Å²) < 4.78 is 5.33. The van der Waals surface area contributed by atoms with E-state index in [0.717, 1.165) is 0 Å². The van der Waals surface area contributed by atoms with Gasteiger partial charge in [-0.15, -0.1) is 0 Å². The SMILES string of the molecule is CC(C)N(C)c1cc(Cl)cc(C(=O)Nc2ccc(C(=O)OC(C)(C)C)cc2)n1. The monoisotopic (exact) mass is 403 g/mol. The van der Waals surface area contributed by atoms with Crippen LogP contribution < -0.4 is 10.2 Å². The third-order valence-electron chi connectivity index (χ3n) is 3.92. The molecule has 1 amide bonds. The number of benzene rings is 1. The molecule has 2 aromatic rings. The minimum atomic E-state index is -0.566. The molecule has 2 rings (SSSR count). The largest absolute Gasteiger partial charge is 0.456 e. The van der Waals surface area contributed by atoms with Gasteiger partial charge in [0.2, 0.25) is 0 Å². The van der Waals surface area contributed by atoms with Crippen LogP contribution >= 0.6 is 11.6 Å². The van der Waals surface area contributed by atoms with E-state index in [-0.39, 0.29) is 17.6 Å². The van der Waals surface area contributed by atoms with Gasteiger partial charge in [0.1, 0.15) is 17.1 Å². The predicted molar refractivity (Wildman–Crippen MR) is 112 cm³/mol. The molecule has 1 heterocycles. The number of ether oxygens (including phenoxy) is 1. The van der Waals surface area contributed by atoms with Gasteiger partial charge in [-0.05, 0) is 71.0 Å². The molecule has 0 fully saturated rings. The predicted octanol–water partition coefficient (Wildman–Crippen LogP) is 4.79. The van der Waals surface area contributed by atoms with E-state index < -0.39 is 11.6 Å². The molecule has 0 saturated heterocycles. The normalized spacial score (nSPS) is 11.3. The highest BCUT2D eigenvalue weighted by molar-refractivity contribution is 6.31. The molecule has 150 valence electrons. The number of hydrogen-bond acceptors (Lipinski definition) is 5. The van der Waals surface area contributed by atoms with Crippen molar-refractivity contribution >= 4 is 35.0 Å². The molecule has 0 unspecified atom stereocenters. The molecule has 1 N–H and O–H groups in total. The number of esters is 1. The van der Waals surface area contributed by atoms with Crippen LogP contribution in [0.3, 0.4) is 0 Å². The van der Waals surface area contributed by atoms with Gasteiger partial charge in [0.15, 0.2) is 0 Å². The van der Waals surface area contributed by atoms with Crippen molar-refractivity contribution in [2.24, 2.45) is 0 Å². The van der Waals surface area contributed by atoms with Crippen molar-refractivity contribution in [1.82, 2.24) is 4.98 Å². The fraction of sp³-hybridized carbons (Fsp3) is 0.381. The van der Waals surface area contributed by atoms with Crippen LogP contribution in [0.2, 0.25) is 5.02 Å². The minimum absolute atomic E-state index is 0.210. The molecule has 0 saturated carbocycles. The zero-order chi connectivity index (χ0) is 21.1. The van der Waals surface area contributed by atoms with Crippen LogP contribution in [-0.2, 0) is 4.74 Å². The smallest absolute Gasteiger partial charge is 0.338 e. The number of halogens is 1. The van der Waals surface area contributed by atoms with Gasteiger partial charge in [0, 0.05) is 23.8 Å². The van der Waals surface area contributed by atoms with E-state index in [4.69, 9.17) is 16.3 Å². The summed E-state index contributed by atoms with van der Waals surface area (Å²) in [6.45, 7) is 9.47. The number of nitrogens with one attached hydrogen (secondary N) is 1. The Balaban J connectivity index is 2.14. The molecule has 0 aliphatic rings. The average Bonchev–Trinajstić information content (AvgIpc) is 2.59. The lowest BCUT2D eigenvalue weighted by atomic mass is 10.1. The maximum atomic E-state index is 12.6. The summed E-state index contributed by atoms with van der Waals surface area (Å²) in [6, 6.07) is 9.94. The fourth-order valence-corrected chi connectivity index (χ4v) is 2.47. The first-order valence-corrected chi connectivity index (χ1v) is 9.39. The van der Waals surface area contributed by atoms with Crippen molar-refractivity contribution in [1.29, 1.82) is 0 Å². The molecule has 0 aliphatic carbocycles. The number of amides is 1. The van der Waals surface area contributed by atoms with Crippen LogP contribution in [0.15, 0.2) is 36.4 Å². The minimum Gasteiger partial charge on any atom is -0.456 e. The molecule has 6 nitrogen and oxygen atoms in total. The topological polar surface area (TPSA) is 71.5 Å². The molecule has 0 bridgehead atoms. The van der Waals surface area contributed by atoms with Crippen LogP contribution in [0, 0.1) is 0 Å². The summed E-state index contributed by atoms with van der Waals surface area (Å²) in [5.74, 6) is -0.179. The number of hydrogen-bond donors (Lipinski definition) is 1. The van der Waals surface area contributed by atoms with E-state index in [1.165, 1.54) is 6.07 Å². The summed E-state index contributed by atoms with van der Waals surface area (Å²) >= 11 is 6.16. The quantitative estimate of drug-likeness (QED) is 0.727. The van der Waals surface area contributed by atoms with Crippen molar-refractivity contribution in [3.05, 3.63) is 52.7 Å². The van der Waals surface area contributed by atoms with E-state index in [0.29, 0.717) is 22.1 Å². The maximum Gasteiger partial charge on any atom is 0.338 e. The number of anilines is 2. The second-order valence-corrected chi connectivity index (χ2v) is 8.20. The second-order valence-electron chi connectivity index (χ2n) is 7.77. The lowest BCUT2D eigenvalue weighted by Crippen LogP contribution is -2.27. The fourth-order valence-electron chi connectivity index (χ4n) is 2.27. The third kappa shape index (κ3) is 5.96. The van der Waals surface area contributed by atoms with Gasteiger partial charge in [-0.3, -0.25) is 4.79 Å². The van der Waals surface area contributed by atoms with Gasteiger partial charge in [-0.1, -0.05) is 11.6 Å². The summed E-state index contributed by atoms with van der Waals surface area (Å²) in [7, 11) is 1.89. The zero-order valence-corrected chi connectivity index (χ0v) is 17.8. The number of carbonyl (C=O) groups excluding carboxylic acids is 2. The highest BCUT2D eigenvalue weighted by atomic mass is 35.5. The Labute approximate surface area is 170 Å². The highest BCUT2D eigenvalue weighted by Crippen LogP contribution is 2.21. The van der Waals surface area contributed by atoms with Crippen molar-refractivity contribution < 1.29 is 14.3 Å². The van der Waals surface area contributed by atoms with Gasteiger partial charge in [0.25, 0.3) is 5.91 Å². The summed E-state index contributed by atoms with van der Waals surface area (Å²) in [5, 5.41) is 3.20. The molecule has 0 spiro atoms. The Morgan fingerprint density at radius 2 is 1.75 bits per heavy atom. The van der Waals surface area contributed by atoms with E-state index in [9.17, 15) is 9.59 Å². The second kappa shape index (κ2) is 8.61. The molecular weight excluding hydrogens is 378 g/mol. The van der Waals surface area contributed by atoms with Crippen molar-refractivity contribution in [2.75, 3.05) is 17.3 Å². The van der Waals surface area contributed by atoms with Crippen molar-refractivity contribution in [2.45, 2.75) is 46.3 Å². The van der Waals surface area contributed by atoms with Gasteiger partial charge in [0.05, 0.1) is 5.56 Å². The van der Waals surface area contributed by atoms with Crippen LogP contribution in [0.1, 0.15) is 55.5 Å². The van der Waals surface area contributed by atoms with E-state index in [1.54, 1.807) is 30.3 Å². The van der Waals surface area contributed by atoms with Gasteiger partial charge < -0.3 is 15.0 Å². The molecule has 7 heteroatoms. The lowest BCUT2D eigenvalue weighted by Gasteiger charge is -2.23. The summed E-state index contributed by atoms with van der Waals surface area (Å²) in [5.41, 5.74) is 0.599. The Morgan fingerprint density at radius 3 is 2.29 bits per heavy atom. The van der Waals surface area contributed by atoms with Crippen LogP contribution in [0.4, 0.5) is 11.5 Å². The highest BCUT2D eigenvalue weighted by Gasteiger charge is 2.18. The van der Waals surface area contributed by atoms with Crippen molar-refractivity contribution in [3.63, 3.8) is 0 Å². The Hall–Kier alpha value is -2.60. The van der Waals surface area contributed by atoms with Crippen LogP contribution in [-0.4, -0.2) is 35.6 Å². The van der Waals surface area contributed by atoms with E-state index in [2.05, 4.69) is 10.3 Å². The Kier molecular flexibility index (Phi) is 6.67. The summed E-state index contributed by atoms with van der Waals surface area (Å²) in [4.78, 5) is 31.0. The molecule has 1 aromatic heterocycles. The van der Waals surface area contributed by atoms with E-state index in [1.807, 2.05) is 46.6 Å². The Morgan fingerprint density at radius 1 is 1.14 bits per heavy atom. The molecule has 28 heavy (non-hydrogen) atoms. The van der Waals surface area contributed by atoms with Crippen molar-refractivity contribution in [3.8, 4) is 0 Å². The molecule has 1 aromatic carbocycles. The number of nitrogens with zero attached hydrogens (tertiary/aromatic N) is 2. The van der Waals surface area contributed by atoms with E-state index >= 15 is 0 Å². The first-order chi connectivity index (χ1) is 13.0. The lowest BCUT2D eigenvalue weighted by molar-refractivity contribution is 0.00695. The van der Waals surface area contributed by atoms with Gasteiger partial charge in [-0.2, -0.15) is 0 Å². The Bertz CT molecular complexity index is 858. The van der Waals surface area contributed by atoms with Crippen LogP contribution in [0.25, 0.3) is 0 Å². The molecule has 0 radical (unpaired) electrons. The first kappa shape index (κ1) is 21.7. The maximum absolute atomic E-state index is 12.6. The zero-order valence-electron chi connectivity index (χ0n) is 17.0. The molecule has 0 aliphatic heterocycles.